The van der Waals surface area contributed by atoms with E-state index in [1.54, 1.807) is 18.3 Å². The van der Waals surface area contributed by atoms with Gasteiger partial charge in [-0.25, -0.2) is 15.3 Å². The van der Waals surface area contributed by atoms with Gasteiger partial charge < -0.3 is 10.1 Å². The number of hydroxylamine groups is 1. The van der Waals surface area contributed by atoms with E-state index in [0.717, 1.165) is 50.9 Å². The average Bonchev–Trinajstić information content (AvgIpc) is 3.26. The Morgan fingerprint density at radius 1 is 1.28 bits per heavy atom. The number of ether oxygens (including phenoxy) is 1. The molecule has 0 radical (unpaired) electrons. The maximum absolute atomic E-state index is 12.0. The number of likely N-dealkylation sites (tertiary alicyclic amines) is 1. The summed E-state index contributed by atoms with van der Waals surface area (Å²) in [6.45, 7) is 3.59. The molecule has 2 atom stereocenters. The van der Waals surface area contributed by atoms with Crippen LogP contribution < -0.4 is 10.8 Å². The van der Waals surface area contributed by atoms with Crippen molar-refractivity contribution in [2.45, 2.75) is 44.6 Å². The first-order valence-corrected chi connectivity index (χ1v) is 11.5. The lowest BCUT2D eigenvalue weighted by Gasteiger charge is -2.21. The predicted octanol–water partition coefficient (Wildman–Crippen LogP) is 4.01. The molecule has 2 saturated heterocycles. The van der Waals surface area contributed by atoms with Gasteiger partial charge >= 0.3 is 0 Å². The second-order valence-electron chi connectivity index (χ2n) is 8.16. The molecule has 2 aliphatic heterocycles. The van der Waals surface area contributed by atoms with Crippen LogP contribution >= 0.6 is 11.6 Å². The summed E-state index contributed by atoms with van der Waals surface area (Å²) >= 11 is 6.44. The zero-order valence-corrected chi connectivity index (χ0v) is 18.8. The Morgan fingerprint density at radius 3 is 2.94 bits per heavy atom. The van der Waals surface area contributed by atoms with Gasteiger partial charge in [-0.15, -0.1) is 0 Å². The van der Waals surface area contributed by atoms with Crippen LogP contribution in [0.25, 0.3) is 6.08 Å². The van der Waals surface area contributed by atoms with Gasteiger partial charge in [0.2, 0.25) is 0 Å². The Labute approximate surface area is 193 Å². The Bertz CT molecular complexity index is 919. The molecule has 2 N–H and O–H groups in total. The molecule has 2 fully saturated rings. The summed E-state index contributed by atoms with van der Waals surface area (Å²) in [5, 5.41) is 3.98. The van der Waals surface area contributed by atoms with E-state index in [-0.39, 0.29) is 12.2 Å². The van der Waals surface area contributed by atoms with Gasteiger partial charge in [0.15, 0.2) is 6.29 Å². The monoisotopic (exact) mass is 456 g/mol. The number of anilines is 1. The molecule has 0 saturated carbocycles. The molecule has 1 unspecified atom stereocenters. The van der Waals surface area contributed by atoms with Crippen molar-refractivity contribution in [3.63, 3.8) is 0 Å². The highest BCUT2D eigenvalue weighted by molar-refractivity contribution is 6.33. The molecule has 4 rings (SSSR count). The molecular weight excluding hydrogens is 428 g/mol. The summed E-state index contributed by atoms with van der Waals surface area (Å²) in [4.78, 5) is 24.1. The molecule has 0 aliphatic carbocycles. The van der Waals surface area contributed by atoms with Crippen molar-refractivity contribution in [1.82, 2.24) is 15.4 Å². The summed E-state index contributed by atoms with van der Waals surface area (Å²) in [5.41, 5.74) is 4.46. The van der Waals surface area contributed by atoms with Crippen molar-refractivity contribution < 1.29 is 14.4 Å². The summed E-state index contributed by atoms with van der Waals surface area (Å²) in [5.74, 6) is 0.305. The Morgan fingerprint density at radius 2 is 2.16 bits per heavy atom. The summed E-state index contributed by atoms with van der Waals surface area (Å²) in [6.07, 6.45) is 8.25. The highest BCUT2D eigenvalue weighted by Crippen LogP contribution is 2.24. The van der Waals surface area contributed by atoms with Gasteiger partial charge in [0.25, 0.3) is 5.91 Å². The lowest BCUT2D eigenvalue weighted by molar-refractivity contribution is -0.198. The van der Waals surface area contributed by atoms with Crippen molar-refractivity contribution in [3.8, 4) is 0 Å². The van der Waals surface area contributed by atoms with Crippen LogP contribution in [0.1, 0.15) is 36.8 Å². The number of nitrogens with zero attached hydrogens (tertiary/aromatic N) is 2. The minimum absolute atomic E-state index is 0.301. The lowest BCUT2D eigenvalue weighted by atomic mass is 10.2. The number of rotatable bonds is 8. The van der Waals surface area contributed by atoms with E-state index in [9.17, 15) is 4.79 Å². The fourth-order valence-electron chi connectivity index (χ4n) is 3.91. The highest BCUT2D eigenvalue weighted by atomic mass is 35.5. The number of hydrogen-bond donors (Lipinski definition) is 2. The van der Waals surface area contributed by atoms with Gasteiger partial charge in [-0.2, -0.15) is 0 Å². The molecule has 170 valence electrons. The van der Waals surface area contributed by atoms with E-state index >= 15 is 0 Å². The van der Waals surface area contributed by atoms with Crippen molar-refractivity contribution >= 4 is 29.4 Å². The number of pyridine rings is 1. The van der Waals surface area contributed by atoms with Crippen molar-refractivity contribution in [3.05, 3.63) is 64.8 Å². The quantitative estimate of drug-likeness (QED) is 0.461. The summed E-state index contributed by atoms with van der Waals surface area (Å²) in [6, 6.07) is 12.6. The highest BCUT2D eigenvalue weighted by Gasteiger charge is 2.23. The van der Waals surface area contributed by atoms with Gasteiger partial charge in [0.05, 0.1) is 5.02 Å². The standard InChI is InChI=1S/C24H29ClN4O3/c25-21-14-19(9-10-22(30)28-32-23-8-4-5-13-31-23)15-26-24(21)27-20-11-12-29(17-20)16-18-6-2-1-3-7-18/h1-3,6-7,9-10,14-15,20,23H,4-5,8,11-13,16-17H2,(H,26,27)(H,28,30)/t20-,23?/m1/s1. The number of aromatic nitrogens is 1. The second-order valence-corrected chi connectivity index (χ2v) is 8.57. The number of halogens is 1. The molecule has 1 amide bonds. The van der Waals surface area contributed by atoms with E-state index in [2.05, 4.69) is 44.9 Å². The van der Waals surface area contributed by atoms with E-state index in [4.69, 9.17) is 21.2 Å². The third-order valence-corrected chi connectivity index (χ3v) is 5.87. The Hall–Kier alpha value is -2.45. The normalized spacial score (nSPS) is 21.7. The second kappa shape index (κ2) is 11.4. The molecule has 1 aromatic carbocycles. The molecule has 1 aromatic heterocycles. The minimum Gasteiger partial charge on any atom is -0.365 e. The van der Waals surface area contributed by atoms with Crippen LogP contribution in [0.15, 0.2) is 48.7 Å². The van der Waals surface area contributed by atoms with Crippen molar-refractivity contribution in [1.29, 1.82) is 0 Å². The average molecular weight is 457 g/mol. The predicted molar refractivity (Wildman–Crippen MR) is 125 cm³/mol. The van der Waals surface area contributed by atoms with E-state index in [1.807, 2.05) is 6.07 Å². The zero-order valence-electron chi connectivity index (χ0n) is 18.0. The molecule has 2 aliphatic rings. The number of carbonyl (C=O) groups is 1. The fraction of sp³-hybridized carbons (Fsp3) is 0.417. The summed E-state index contributed by atoms with van der Waals surface area (Å²) in [7, 11) is 0. The van der Waals surface area contributed by atoms with Gasteiger partial charge in [0, 0.05) is 51.0 Å². The van der Waals surface area contributed by atoms with Crippen molar-refractivity contribution in [2.75, 3.05) is 25.0 Å². The van der Waals surface area contributed by atoms with Gasteiger partial charge in [0.1, 0.15) is 5.82 Å². The first-order valence-electron chi connectivity index (χ1n) is 11.1. The molecule has 7 nitrogen and oxygen atoms in total. The molecule has 3 heterocycles. The molecule has 0 bridgehead atoms. The number of nitrogens with one attached hydrogen (secondary N) is 2. The Kier molecular flexibility index (Phi) is 8.12. The zero-order chi connectivity index (χ0) is 22.2. The largest absolute Gasteiger partial charge is 0.365 e. The van der Waals surface area contributed by atoms with Crippen LogP contribution in [0.3, 0.4) is 0 Å². The van der Waals surface area contributed by atoms with Gasteiger partial charge in [-0.3, -0.25) is 9.69 Å². The third kappa shape index (κ3) is 6.77. The SMILES string of the molecule is O=C(C=Cc1cnc(N[C@@H]2CCN(Cc3ccccc3)C2)c(Cl)c1)NOC1CCCCO1. The van der Waals surface area contributed by atoms with Crippen LogP contribution in [0.2, 0.25) is 5.02 Å². The number of benzene rings is 1. The molecule has 32 heavy (non-hydrogen) atoms. The van der Waals surface area contributed by atoms with Crippen molar-refractivity contribution in [2.24, 2.45) is 0 Å². The number of amides is 1. The Balaban J connectivity index is 1.24. The first-order chi connectivity index (χ1) is 15.7. The number of hydrogen-bond acceptors (Lipinski definition) is 6. The molecular formula is C24H29ClN4O3. The van der Waals surface area contributed by atoms with Crippen LogP contribution in [-0.4, -0.2) is 47.8 Å². The fourth-order valence-corrected chi connectivity index (χ4v) is 4.14. The topological polar surface area (TPSA) is 75.7 Å². The van der Waals surface area contributed by atoms with Gasteiger partial charge in [-0.1, -0.05) is 41.9 Å². The van der Waals surface area contributed by atoms with Crippen LogP contribution in [-0.2, 0) is 20.9 Å². The van der Waals surface area contributed by atoms with Crippen LogP contribution in [0.5, 0.6) is 0 Å². The van der Waals surface area contributed by atoms with Gasteiger partial charge in [-0.05, 0) is 42.5 Å². The maximum Gasteiger partial charge on any atom is 0.267 e. The van der Waals surface area contributed by atoms with Crippen LogP contribution in [0.4, 0.5) is 5.82 Å². The van der Waals surface area contributed by atoms with E-state index < -0.39 is 0 Å². The van der Waals surface area contributed by atoms with E-state index in [1.165, 1.54) is 11.6 Å². The van der Waals surface area contributed by atoms with E-state index in [0.29, 0.717) is 23.5 Å². The maximum atomic E-state index is 12.0. The summed E-state index contributed by atoms with van der Waals surface area (Å²) < 4.78 is 5.41. The third-order valence-electron chi connectivity index (χ3n) is 5.58. The first kappa shape index (κ1) is 22.7. The number of carbonyl (C=O) groups excluding carboxylic acids is 1. The molecule has 2 aromatic rings. The lowest BCUT2D eigenvalue weighted by Crippen LogP contribution is -2.32. The van der Waals surface area contributed by atoms with Crippen LogP contribution in [0, 0.1) is 0 Å². The smallest absolute Gasteiger partial charge is 0.267 e. The minimum atomic E-state index is -0.373. The molecule has 0 spiro atoms. The molecule has 8 heteroatoms.